The molecule has 1 aliphatic rings. The molecule has 19 heavy (non-hydrogen) atoms. The zero-order valence-electron chi connectivity index (χ0n) is 11.8. The monoisotopic (exact) mass is 258 g/mol. The van der Waals surface area contributed by atoms with Crippen molar-refractivity contribution in [2.75, 3.05) is 12.4 Å². The minimum absolute atomic E-state index is 0.460. The summed E-state index contributed by atoms with van der Waals surface area (Å²) in [5.41, 5.74) is 1.60. The van der Waals surface area contributed by atoms with Crippen LogP contribution in [0.1, 0.15) is 44.6 Å². The molecule has 0 bridgehead atoms. The van der Waals surface area contributed by atoms with Crippen molar-refractivity contribution in [2.45, 2.75) is 45.1 Å². The summed E-state index contributed by atoms with van der Waals surface area (Å²) in [7, 11) is 1.65. The predicted molar refractivity (Wildman–Crippen MR) is 77.4 cm³/mol. The highest BCUT2D eigenvalue weighted by Gasteiger charge is 2.20. The van der Waals surface area contributed by atoms with Crippen molar-refractivity contribution < 1.29 is 4.74 Å². The second-order valence-electron chi connectivity index (χ2n) is 5.39. The van der Waals surface area contributed by atoms with E-state index < -0.39 is 0 Å². The van der Waals surface area contributed by atoms with E-state index in [4.69, 9.17) is 4.74 Å². The molecule has 2 rings (SSSR count). The fourth-order valence-electron chi connectivity index (χ4n) is 2.77. The SMILES string of the molecule is COc1ccc(C#N)c(NC2CCCCCC2C)c1. The standard InChI is InChI=1S/C16H22N2O/c1-12-6-4-3-5-7-15(12)18-16-10-14(19-2)9-8-13(16)11-17/h8-10,12,15,18H,3-7H2,1-2H3. The first-order chi connectivity index (χ1) is 9.24. The minimum Gasteiger partial charge on any atom is -0.497 e. The molecule has 2 atom stereocenters. The quantitative estimate of drug-likeness (QED) is 0.835. The molecule has 1 N–H and O–H groups in total. The Kier molecular flexibility index (Phi) is 4.68. The van der Waals surface area contributed by atoms with Crippen LogP contribution in [-0.2, 0) is 0 Å². The van der Waals surface area contributed by atoms with Crippen molar-refractivity contribution in [3.05, 3.63) is 23.8 Å². The van der Waals surface area contributed by atoms with E-state index in [1.165, 1.54) is 32.1 Å². The molecule has 0 saturated heterocycles. The molecule has 1 aliphatic carbocycles. The van der Waals surface area contributed by atoms with E-state index in [0.717, 1.165) is 11.4 Å². The van der Waals surface area contributed by atoms with Gasteiger partial charge in [0.2, 0.25) is 0 Å². The van der Waals surface area contributed by atoms with Crippen molar-refractivity contribution in [1.82, 2.24) is 0 Å². The number of benzene rings is 1. The number of hydrogen-bond donors (Lipinski definition) is 1. The van der Waals surface area contributed by atoms with Gasteiger partial charge in [-0.1, -0.05) is 26.2 Å². The Morgan fingerprint density at radius 2 is 2.05 bits per heavy atom. The van der Waals surface area contributed by atoms with Gasteiger partial charge < -0.3 is 10.1 Å². The smallest absolute Gasteiger partial charge is 0.121 e. The third kappa shape index (κ3) is 3.41. The van der Waals surface area contributed by atoms with Gasteiger partial charge in [0.15, 0.2) is 0 Å². The molecule has 0 aromatic heterocycles. The lowest BCUT2D eigenvalue weighted by Gasteiger charge is -2.24. The van der Waals surface area contributed by atoms with E-state index >= 15 is 0 Å². The Morgan fingerprint density at radius 1 is 1.26 bits per heavy atom. The van der Waals surface area contributed by atoms with Crippen LogP contribution in [0.25, 0.3) is 0 Å². The van der Waals surface area contributed by atoms with Gasteiger partial charge in [0, 0.05) is 12.1 Å². The molecule has 0 heterocycles. The summed E-state index contributed by atoms with van der Waals surface area (Å²) in [4.78, 5) is 0. The topological polar surface area (TPSA) is 45.0 Å². The first-order valence-corrected chi connectivity index (χ1v) is 7.09. The van der Waals surface area contributed by atoms with Crippen LogP contribution >= 0.6 is 0 Å². The van der Waals surface area contributed by atoms with Crippen LogP contribution in [0.3, 0.4) is 0 Å². The molecule has 0 radical (unpaired) electrons. The number of rotatable bonds is 3. The maximum atomic E-state index is 9.20. The van der Waals surface area contributed by atoms with Crippen LogP contribution in [0.2, 0.25) is 0 Å². The first kappa shape index (κ1) is 13.7. The van der Waals surface area contributed by atoms with Crippen molar-refractivity contribution in [1.29, 1.82) is 5.26 Å². The van der Waals surface area contributed by atoms with Gasteiger partial charge in [-0.2, -0.15) is 5.26 Å². The maximum Gasteiger partial charge on any atom is 0.121 e. The summed E-state index contributed by atoms with van der Waals surface area (Å²) in [6.45, 7) is 2.30. The number of hydrogen-bond acceptors (Lipinski definition) is 3. The van der Waals surface area contributed by atoms with Gasteiger partial charge in [-0.3, -0.25) is 0 Å². The van der Waals surface area contributed by atoms with Crippen molar-refractivity contribution in [3.63, 3.8) is 0 Å². The summed E-state index contributed by atoms with van der Waals surface area (Å²) in [6, 6.07) is 8.29. The molecule has 1 aromatic carbocycles. The lowest BCUT2D eigenvalue weighted by molar-refractivity contribution is 0.414. The summed E-state index contributed by atoms with van der Waals surface area (Å²) < 4.78 is 5.25. The van der Waals surface area contributed by atoms with Gasteiger partial charge in [0.1, 0.15) is 11.8 Å². The molecule has 3 heteroatoms. The highest BCUT2D eigenvalue weighted by Crippen LogP contribution is 2.29. The molecular formula is C16H22N2O. The molecule has 1 saturated carbocycles. The van der Waals surface area contributed by atoms with Gasteiger partial charge in [-0.15, -0.1) is 0 Å². The van der Waals surface area contributed by atoms with Gasteiger partial charge in [-0.25, -0.2) is 0 Å². The average Bonchev–Trinajstić information content (AvgIpc) is 2.64. The molecular weight excluding hydrogens is 236 g/mol. The summed E-state index contributed by atoms with van der Waals surface area (Å²) in [6.07, 6.45) is 6.37. The first-order valence-electron chi connectivity index (χ1n) is 7.09. The molecule has 102 valence electrons. The molecule has 0 aliphatic heterocycles. The number of nitrogens with one attached hydrogen (secondary N) is 1. The number of methoxy groups -OCH3 is 1. The molecule has 3 nitrogen and oxygen atoms in total. The number of nitrogens with zero attached hydrogens (tertiary/aromatic N) is 1. The van der Waals surface area contributed by atoms with E-state index in [1.54, 1.807) is 7.11 Å². The van der Waals surface area contributed by atoms with E-state index in [9.17, 15) is 5.26 Å². The van der Waals surface area contributed by atoms with Crippen molar-refractivity contribution >= 4 is 5.69 Å². The average molecular weight is 258 g/mol. The Balaban J connectivity index is 2.18. The lowest BCUT2D eigenvalue weighted by Crippen LogP contribution is -2.26. The van der Waals surface area contributed by atoms with Crippen LogP contribution in [-0.4, -0.2) is 13.2 Å². The van der Waals surface area contributed by atoms with E-state index in [1.807, 2.05) is 18.2 Å². The molecule has 0 amide bonds. The minimum atomic E-state index is 0.460. The van der Waals surface area contributed by atoms with Crippen LogP contribution in [0.15, 0.2) is 18.2 Å². The second-order valence-corrected chi connectivity index (χ2v) is 5.39. The van der Waals surface area contributed by atoms with Crippen LogP contribution in [0, 0.1) is 17.2 Å². The normalized spacial score (nSPS) is 23.2. The van der Waals surface area contributed by atoms with Gasteiger partial charge >= 0.3 is 0 Å². The van der Waals surface area contributed by atoms with Gasteiger partial charge in [-0.05, 0) is 30.9 Å². The maximum absolute atomic E-state index is 9.20. The van der Waals surface area contributed by atoms with Crippen molar-refractivity contribution in [3.8, 4) is 11.8 Å². The highest BCUT2D eigenvalue weighted by atomic mass is 16.5. The largest absolute Gasteiger partial charge is 0.497 e. The van der Waals surface area contributed by atoms with E-state index in [0.29, 0.717) is 17.5 Å². The number of ether oxygens (including phenoxy) is 1. The second kappa shape index (κ2) is 6.47. The third-order valence-electron chi connectivity index (χ3n) is 4.05. The Hall–Kier alpha value is -1.69. The van der Waals surface area contributed by atoms with Crippen LogP contribution in [0.5, 0.6) is 5.75 Å². The number of anilines is 1. The predicted octanol–water partition coefficient (Wildman–Crippen LogP) is 3.95. The Bertz CT molecular complexity index is 464. The molecule has 1 fully saturated rings. The van der Waals surface area contributed by atoms with Crippen LogP contribution in [0.4, 0.5) is 5.69 Å². The fraction of sp³-hybridized carbons (Fsp3) is 0.562. The molecule has 1 aromatic rings. The van der Waals surface area contributed by atoms with Gasteiger partial charge in [0.05, 0.1) is 18.4 Å². The van der Waals surface area contributed by atoms with Crippen LogP contribution < -0.4 is 10.1 Å². The summed E-state index contributed by atoms with van der Waals surface area (Å²) >= 11 is 0. The van der Waals surface area contributed by atoms with E-state index in [-0.39, 0.29) is 0 Å². The molecule has 2 unspecified atom stereocenters. The number of nitriles is 1. The zero-order valence-corrected chi connectivity index (χ0v) is 11.8. The lowest BCUT2D eigenvalue weighted by atomic mass is 9.96. The van der Waals surface area contributed by atoms with E-state index in [2.05, 4.69) is 18.3 Å². The Labute approximate surface area is 115 Å². The third-order valence-corrected chi connectivity index (χ3v) is 4.05. The van der Waals surface area contributed by atoms with Gasteiger partial charge in [0.25, 0.3) is 0 Å². The highest BCUT2D eigenvalue weighted by molar-refractivity contribution is 5.60. The Morgan fingerprint density at radius 3 is 2.79 bits per heavy atom. The fourth-order valence-corrected chi connectivity index (χ4v) is 2.77. The zero-order chi connectivity index (χ0) is 13.7. The molecule has 0 spiro atoms. The summed E-state index contributed by atoms with van der Waals surface area (Å²) in [5.74, 6) is 1.45. The van der Waals surface area contributed by atoms with Crippen molar-refractivity contribution in [2.24, 2.45) is 5.92 Å². The summed E-state index contributed by atoms with van der Waals surface area (Å²) in [5, 5.41) is 12.8.